The summed E-state index contributed by atoms with van der Waals surface area (Å²) >= 11 is 0. The number of ether oxygens (including phenoxy) is 1. The molecule has 0 saturated carbocycles. The van der Waals surface area contributed by atoms with Crippen LogP contribution < -0.4 is 10.1 Å². The van der Waals surface area contributed by atoms with Gasteiger partial charge >= 0.3 is 0 Å². The summed E-state index contributed by atoms with van der Waals surface area (Å²) in [4.78, 5) is 6.63. The van der Waals surface area contributed by atoms with Gasteiger partial charge < -0.3 is 15.0 Å². The van der Waals surface area contributed by atoms with Crippen molar-refractivity contribution in [1.29, 1.82) is 0 Å². The van der Waals surface area contributed by atoms with Crippen molar-refractivity contribution in [3.8, 4) is 5.75 Å². The molecule has 1 saturated heterocycles. The first kappa shape index (κ1) is 16.1. The molecule has 1 N–H and O–H groups in total. The molecule has 1 fully saturated rings. The number of methoxy groups -OCH3 is 1. The van der Waals surface area contributed by atoms with E-state index < -0.39 is 0 Å². The van der Waals surface area contributed by atoms with E-state index in [1.807, 2.05) is 19.2 Å². The zero-order valence-corrected chi connectivity index (χ0v) is 13.9. The van der Waals surface area contributed by atoms with Gasteiger partial charge in [0.15, 0.2) is 5.96 Å². The summed E-state index contributed by atoms with van der Waals surface area (Å²) in [7, 11) is 3.52. The molecule has 0 unspecified atom stereocenters. The van der Waals surface area contributed by atoms with Crippen LogP contribution in [0.4, 0.5) is 0 Å². The Hall–Kier alpha value is -0.980. The van der Waals surface area contributed by atoms with Crippen LogP contribution in [-0.4, -0.2) is 38.1 Å². The van der Waals surface area contributed by atoms with E-state index in [9.17, 15) is 0 Å². The molecule has 106 valence electrons. The molecular formula is C14H22IN3O. The molecule has 4 nitrogen and oxygen atoms in total. The van der Waals surface area contributed by atoms with Crippen LogP contribution >= 0.6 is 24.0 Å². The summed E-state index contributed by atoms with van der Waals surface area (Å²) in [6, 6.07) is 8.11. The Bertz CT molecular complexity index is 400. The molecule has 0 aliphatic carbocycles. The van der Waals surface area contributed by atoms with Crippen LogP contribution in [0, 0.1) is 0 Å². The van der Waals surface area contributed by atoms with Gasteiger partial charge in [0.05, 0.1) is 7.11 Å². The maximum atomic E-state index is 5.14. The molecule has 1 heterocycles. The third-order valence-electron chi connectivity index (χ3n) is 3.23. The van der Waals surface area contributed by atoms with Crippen LogP contribution in [0.5, 0.6) is 5.75 Å². The Morgan fingerprint density at radius 2 is 1.89 bits per heavy atom. The Morgan fingerprint density at radius 3 is 2.42 bits per heavy atom. The van der Waals surface area contributed by atoms with Crippen LogP contribution in [0.25, 0.3) is 0 Å². The van der Waals surface area contributed by atoms with Gasteiger partial charge in [-0.05, 0) is 30.5 Å². The number of guanidine groups is 1. The number of hydrogen-bond donors (Lipinski definition) is 1. The fourth-order valence-electron chi connectivity index (χ4n) is 2.19. The average molecular weight is 375 g/mol. The number of halogens is 1. The number of hydrogen-bond acceptors (Lipinski definition) is 2. The predicted octanol–water partition coefficient (Wildman–Crippen LogP) is 2.48. The fraction of sp³-hybridized carbons (Fsp3) is 0.500. The second-order valence-corrected chi connectivity index (χ2v) is 4.44. The van der Waals surface area contributed by atoms with Crippen molar-refractivity contribution in [2.24, 2.45) is 4.99 Å². The Kier molecular flexibility index (Phi) is 6.97. The molecule has 1 aromatic rings. The Balaban J connectivity index is 0.00000180. The summed E-state index contributed by atoms with van der Waals surface area (Å²) in [6.07, 6.45) is 2.53. The van der Waals surface area contributed by atoms with Crippen molar-refractivity contribution < 1.29 is 4.74 Å². The van der Waals surface area contributed by atoms with Gasteiger partial charge in [0.25, 0.3) is 0 Å². The second kappa shape index (κ2) is 8.24. The first-order valence-corrected chi connectivity index (χ1v) is 6.42. The lowest BCUT2D eigenvalue weighted by Gasteiger charge is -2.20. The van der Waals surface area contributed by atoms with Crippen LogP contribution in [-0.2, 0) is 6.54 Å². The van der Waals surface area contributed by atoms with Crippen LogP contribution in [0.15, 0.2) is 29.3 Å². The molecule has 19 heavy (non-hydrogen) atoms. The van der Waals surface area contributed by atoms with Gasteiger partial charge in [-0.25, -0.2) is 0 Å². The van der Waals surface area contributed by atoms with Crippen molar-refractivity contribution in [2.45, 2.75) is 19.4 Å². The minimum Gasteiger partial charge on any atom is -0.497 e. The molecule has 0 amide bonds. The van der Waals surface area contributed by atoms with E-state index in [0.29, 0.717) is 0 Å². The van der Waals surface area contributed by atoms with E-state index >= 15 is 0 Å². The number of rotatable bonds is 3. The smallest absolute Gasteiger partial charge is 0.193 e. The van der Waals surface area contributed by atoms with E-state index in [0.717, 1.165) is 31.3 Å². The molecule has 0 bridgehead atoms. The lowest BCUT2D eigenvalue weighted by atomic mass is 10.2. The van der Waals surface area contributed by atoms with Crippen LogP contribution in [0.2, 0.25) is 0 Å². The van der Waals surface area contributed by atoms with Gasteiger partial charge in [0, 0.05) is 26.7 Å². The molecule has 0 atom stereocenters. The Morgan fingerprint density at radius 1 is 1.26 bits per heavy atom. The standard InChI is InChI=1S/C14H21N3O.HI/c1-15-14(17-9-3-4-10-17)16-11-12-5-7-13(18-2)8-6-12;/h5-8H,3-4,9-11H2,1-2H3,(H,15,16);1H. The highest BCUT2D eigenvalue weighted by molar-refractivity contribution is 14.0. The highest BCUT2D eigenvalue weighted by atomic mass is 127. The van der Waals surface area contributed by atoms with Crippen molar-refractivity contribution in [2.75, 3.05) is 27.2 Å². The minimum absolute atomic E-state index is 0. The third-order valence-corrected chi connectivity index (χ3v) is 3.23. The van der Waals surface area contributed by atoms with E-state index in [-0.39, 0.29) is 24.0 Å². The minimum atomic E-state index is 0. The summed E-state index contributed by atoms with van der Waals surface area (Å²) in [6.45, 7) is 3.03. The summed E-state index contributed by atoms with van der Waals surface area (Å²) in [5.74, 6) is 1.89. The quantitative estimate of drug-likeness (QED) is 0.501. The van der Waals surface area contributed by atoms with Gasteiger partial charge in [0.1, 0.15) is 5.75 Å². The zero-order chi connectivity index (χ0) is 12.8. The average Bonchev–Trinajstić information content (AvgIpc) is 2.94. The van der Waals surface area contributed by atoms with Gasteiger partial charge in [-0.1, -0.05) is 12.1 Å². The largest absolute Gasteiger partial charge is 0.497 e. The topological polar surface area (TPSA) is 36.9 Å². The van der Waals surface area contributed by atoms with Crippen molar-refractivity contribution in [3.63, 3.8) is 0 Å². The highest BCUT2D eigenvalue weighted by Crippen LogP contribution is 2.11. The predicted molar refractivity (Wildman–Crippen MR) is 89.4 cm³/mol. The second-order valence-electron chi connectivity index (χ2n) is 4.44. The van der Waals surface area contributed by atoms with E-state index in [1.54, 1.807) is 7.11 Å². The maximum absolute atomic E-state index is 5.14. The molecule has 2 rings (SSSR count). The van der Waals surface area contributed by atoms with Crippen molar-refractivity contribution >= 4 is 29.9 Å². The fourth-order valence-corrected chi connectivity index (χ4v) is 2.19. The number of nitrogens with zero attached hydrogens (tertiary/aromatic N) is 2. The Labute approximate surface area is 132 Å². The number of aliphatic imine (C=N–C) groups is 1. The van der Waals surface area contributed by atoms with Crippen LogP contribution in [0.1, 0.15) is 18.4 Å². The maximum Gasteiger partial charge on any atom is 0.193 e. The third kappa shape index (κ3) is 4.56. The summed E-state index contributed by atoms with van der Waals surface area (Å²) < 4.78 is 5.14. The summed E-state index contributed by atoms with van der Waals surface area (Å²) in [5.41, 5.74) is 1.23. The van der Waals surface area contributed by atoms with Gasteiger partial charge in [-0.2, -0.15) is 0 Å². The molecule has 0 spiro atoms. The first-order chi connectivity index (χ1) is 8.83. The van der Waals surface area contributed by atoms with E-state index in [1.165, 1.54) is 18.4 Å². The van der Waals surface area contributed by atoms with Crippen molar-refractivity contribution in [3.05, 3.63) is 29.8 Å². The molecule has 1 aliphatic heterocycles. The van der Waals surface area contributed by atoms with Crippen LogP contribution in [0.3, 0.4) is 0 Å². The summed E-state index contributed by atoms with van der Waals surface area (Å²) in [5, 5.41) is 3.40. The van der Waals surface area contributed by atoms with Gasteiger partial charge in [-0.15, -0.1) is 24.0 Å². The van der Waals surface area contributed by atoms with Crippen molar-refractivity contribution in [1.82, 2.24) is 10.2 Å². The molecule has 0 aromatic heterocycles. The van der Waals surface area contributed by atoms with E-state index in [4.69, 9.17) is 4.74 Å². The highest BCUT2D eigenvalue weighted by Gasteiger charge is 2.15. The monoisotopic (exact) mass is 375 g/mol. The molecule has 1 aromatic carbocycles. The first-order valence-electron chi connectivity index (χ1n) is 6.42. The number of nitrogens with one attached hydrogen (secondary N) is 1. The number of benzene rings is 1. The lowest BCUT2D eigenvalue weighted by Crippen LogP contribution is -2.39. The molecular weight excluding hydrogens is 353 g/mol. The zero-order valence-electron chi connectivity index (χ0n) is 11.6. The SMILES string of the molecule is CN=C(NCc1ccc(OC)cc1)N1CCCC1.I. The molecule has 1 aliphatic rings. The van der Waals surface area contributed by atoms with Gasteiger partial charge in [0.2, 0.25) is 0 Å². The van der Waals surface area contributed by atoms with E-state index in [2.05, 4.69) is 27.3 Å². The number of likely N-dealkylation sites (tertiary alicyclic amines) is 1. The lowest BCUT2D eigenvalue weighted by molar-refractivity contribution is 0.414. The molecule has 0 radical (unpaired) electrons. The van der Waals surface area contributed by atoms with Gasteiger partial charge in [-0.3, -0.25) is 4.99 Å². The molecule has 5 heteroatoms. The normalized spacial score (nSPS) is 15.1.